The highest BCUT2D eigenvalue weighted by Gasteiger charge is 2.22. The molecule has 0 bridgehead atoms. The number of ether oxygens (including phenoxy) is 1. The van der Waals surface area contributed by atoms with E-state index < -0.39 is 12.7 Å². The molecule has 0 saturated heterocycles. The number of hydrogen-bond donors (Lipinski definition) is 1. The molecule has 2 aromatic rings. The molecule has 0 amide bonds. The van der Waals surface area contributed by atoms with Crippen LogP contribution in [-0.4, -0.2) is 16.4 Å². The molecule has 2 rings (SSSR count). The lowest BCUT2D eigenvalue weighted by Crippen LogP contribution is -2.19. The van der Waals surface area contributed by atoms with Crippen molar-refractivity contribution in [2.75, 3.05) is 0 Å². The molecule has 0 aliphatic carbocycles. The molecular formula is C13H14ClF2N3O. The first-order valence-electron chi connectivity index (χ1n) is 6.05. The van der Waals surface area contributed by atoms with Gasteiger partial charge in [0.1, 0.15) is 5.75 Å². The van der Waals surface area contributed by atoms with Gasteiger partial charge in [0.25, 0.3) is 0 Å². The topological polar surface area (TPSA) is 53.1 Å². The van der Waals surface area contributed by atoms with Crippen molar-refractivity contribution >= 4 is 11.6 Å². The fourth-order valence-electron chi connectivity index (χ4n) is 2.02. The monoisotopic (exact) mass is 301 g/mol. The Balaban J connectivity index is 2.42. The van der Waals surface area contributed by atoms with Gasteiger partial charge in [0.05, 0.1) is 23.0 Å². The molecule has 0 fully saturated rings. The fourth-order valence-corrected chi connectivity index (χ4v) is 2.28. The smallest absolute Gasteiger partial charge is 0.387 e. The summed E-state index contributed by atoms with van der Waals surface area (Å²) in [6.45, 7) is -0.440. The number of aromatic nitrogens is 2. The summed E-state index contributed by atoms with van der Waals surface area (Å²) in [6.07, 6.45) is 1.48. The third-order valence-corrected chi connectivity index (χ3v) is 3.19. The van der Waals surface area contributed by atoms with Gasteiger partial charge in [0, 0.05) is 12.1 Å². The van der Waals surface area contributed by atoms with E-state index in [4.69, 9.17) is 17.3 Å². The summed E-state index contributed by atoms with van der Waals surface area (Å²) in [5.41, 5.74) is 7.15. The molecule has 0 saturated carbocycles. The van der Waals surface area contributed by atoms with Crippen LogP contribution in [0.4, 0.5) is 8.78 Å². The second-order valence-electron chi connectivity index (χ2n) is 4.09. The van der Waals surface area contributed by atoms with Crippen LogP contribution in [0.5, 0.6) is 5.75 Å². The van der Waals surface area contributed by atoms with Gasteiger partial charge in [-0.1, -0.05) is 29.8 Å². The van der Waals surface area contributed by atoms with Crippen LogP contribution in [0.3, 0.4) is 0 Å². The van der Waals surface area contributed by atoms with Crippen LogP contribution in [0.15, 0.2) is 30.5 Å². The van der Waals surface area contributed by atoms with Gasteiger partial charge in [-0.3, -0.25) is 4.68 Å². The average Bonchev–Trinajstić information content (AvgIpc) is 2.79. The summed E-state index contributed by atoms with van der Waals surface area (Å²) in [5.74, 6) is 0.0370. The molecule has 1 atom stereocenters. The molecule has 0 aliphatic heterocycles. The van der Waals surface area contributed by atoms with Crippen LogP contribution in [0.2, 0.25) is 5.02 Å². The van der Waals surface area contributed by atoms with E-state index in [1.807, 2.05) is 6.92 Å². The normalized spacial score (nSPS) is 12.7. The maximum atomic E-state index is 12.4. The first kappa shape index (κ1) is 14.7. The van der Waals surface area contributed by atoms with Crippen molar-refractivity contribution in [1.82, 2.24) is 9.78 Å². The average molecular weight is 302 g/mol. The van der Waals surface area contributed by atoms with Crippen LogP contribution in [-0.2, 0) is 6.54 Å². The highest BCUT2D eigenvalue weighted by Crippen LogP contribution is 2.32. The van der Waals surface area contributed by atoms with Gasteiger partial charge < -0.3 is 10.5 Å². The number of halogens is 3. The van der Waals surface area contributed by atoms with E-state index in [1.54, 1.807) is 22.9 Å². The minimum atomic E-state index is -2.91. The molecule has 4 nitrogen and oxygen atoms in total. The Morgan fingerprint density at radius 1 is 1.40 bits per heavy atom. The van der Waals surface area contributed by atoms with E-state index in [9.17, 15) is 8.78 Å². The lowest BCUT2D eigenvalue weighted by molar-refractivity contribution is -0.0505. The summed E-state index contributed by atoms with van der Waals surface area (Å²) < 4.78 is 31.0. The molecule has 0 spiro atoms. The molecule has 108 valence electrons. The first-order chi connectivity index (χ1) is 9.54. The van der Waals surface area contributed by atoms with Crippen LogP contribution < -0.4 is 10.5 Å². The Morgan fingerprint density at radius 2 is 2.10 bits per heavy atom. The van der Waals surface area contributed by atoms with E-state index in [-0.39, 0.29) is 5.75 Å². The van der Waals surface area contributed by atoms with Gasteiger partial charge >= 0.3 is 6.61 Å². The number of alkyl halides is 2. The third-order valence-electron chi connectivity index (χ3n) is 2.90. The van der Waals surface area contributed by atoms with Crippen molar-refractivity contribution in [2.45, 2.75) is 26.1 Å². The van der Waals surface area contributed by atoms with Gasteiger partial charge in [0.15, 0.2) is 0 Å². The predicted octanol–water partition coefficient (Wildman–Crippen LogP) is 3.21. The highest BCUT2D eigenvalue weighted by molar-refractivity contribution is 6.31. The Kier molecular flexibility index (Phi) is 4.57. The van der Waals surface area contributed by atoms with Crippen LogP contribution >= 0.6 is 11.6 Å². The van der Waals surface area contributed by atoms with Crippen molar-refractivity contribution < 1.29 is 13.5 Å². The maximum absolute atomic E-state index is 12.4. The quantitative estimate of drug-likeness (QED) is 0.922. The number of aryl methyl sites for hydroxylation is 1. The van der Waals surface area contributed by atoms with Crippen molar-refractivity contribution in [2.24, 2.45) is 5.73 Å². The zero-order valence-corrected chi connectivity index (χ0v) is 11.5. The summed E-state index contributed by atoms with van der Waals surface area (Å²) in [6, 6.07) is 5.69. The molecule has 2 N–H and O–H groups in total. The lowest BCUT2D eigenvalue weighted by atomic mass is 10.0. The van der Waals surface area contributed by atoms with E-state index in [2.05, 4.69) is 9.84 Å². The van der Waals surface area contributed by atoms with Gasteiger partial charge in [-0.15, -0.1) is 0 Å². The summed E-state index contributed by atoms with van der Waals surface area (Å²) in [7, 11) is 0. The van der Waals surface area contributed by atoms with Crippen molar-refractivity contribution in [3.05, 3.63) is 46.7 Å². The minimum absolute atomic E-state index is 0.0370. The Morgan fingerprint density at radius 3 is 2.75 bits per heavy atom. The van der Waals surface area contributed by atoms with Crippen molar-refractivity contribution in [1.29, 1.82) is 0 Å². The fraction of sp³-hybridized carbons (Fsp3) is 0.308. The number of nitrogens with zero attached hydrogens (tertiary/aromatic N) is 2. The highest BCUT2D eigenvalue weighted by atomic mass is 35.5. The largest absolute Gasteiger partial charge is 0.434 e. The maximum Gasteiger partial charge on any atom is 0.387 e. The number of hydrogen-bond acceptors (Lipinski definition) is 3. The minimum Gasteiger partial charge on any atom is -0.434 e. The van der Waals surface area contributed by atoms with Crippen LogP contribution in [0, 0.1) is 0 Å². The molecule has 1 unspecified atom stereocenters. The lowest BCUT2D eigenvalue weighted by Gasteiger charge is -2.18. The molecule has 0 aliphatic rings. The van der Waals surface area contributed by atoms with Gasteiger partial charge in [-0.25, -0.2) is 0 Å². The third kappa shape index (κ3) is 2.91. The van der Waals surface area contributed by atoms with E-state index in [0.717, 1.165) is 0 Å². The molecule has 1 aromatic heterocycles. The summed E-state index contributed by atoms with van der Waals surface area (Å²) >= 11 is 6.07. The number of para-hydroxylation sites is 1. The molecule has 7 heteroatoms. The molecule has 1 heterocycles. The van der Waals surface area contributed by atoms with E-state index in [1.165, 1.54) is 12.3 Å². The Hall–Kier alpha value is -1.66. The predicted molar refractivity (Wildman–Crippen MR) is 72.0 cm³/mol. The molecule has 0 radical (unpaired) electrons. The van der Waals surface area contributed by atoms with E-state index >= 15 is 0 Å². The zero-order valence-electron chi connectivity index (χ0n) is 10.8. The standard InChI is InChI=1S/C13H14ClF2N3O/c1-2-19-12(9(14)7-18-19)11(17)8-5-3-4-6-10(8)20-13(15)16/h3-7,11,13H,2,17H2,1H3. The number of rotatable bonds is 5. The first-order valence-corrected chi connectivity index (χ1v) is 6.43. The van der Waals surface area contributed by atoms with E-state index in [0.29, 0.717) is 22.8 Å². The zero-order chi connectivity index (χ0) is 14.7. The molecular weight excluding hydrogens is 288 g/mol. The van der Waals surface area contributed by atoms with Crippen LogP contribution in [0.25, 0.3) is 0 Å². The van der Waals surface area contributed by atoms with Gasteiger partial charge in [-0.2, -0.15) is 13.9 Å². The Labute approximate surface area is 120 Å². The SMILES string of the molecule is CCn1ncc(Cl)c1C(N)c1ccccc1OC(F)F. The number of nitrogens with two attached hydrogens (primary N) is 1. The molecule has 20 heavy (non-hydrogen) atoms. The van der Waals surface area contributed by atoms with Crippen LogP contribution in [0.1, 0.15) is 24.2 Å². The van der Waals surface area contributed by atoms with Crippen molar-refractivity contribution in [3.8, 4) is 5.75 Å². The molecule has 1 aromatic carbocycles. The van der Waals surface area contributed by atoms with Crippen molar-refractivity contribution in [3.63, 3.8) is 0 Å². The Bertz CT molecular complexity index is 589. The summed E-state index contributed by atoms with van der Waals surface area (Å²) in [5, 5.41) is 4.48. The van der Waals surface area contributed by atoms with Gasteiger partial charge in [0.2, 0.25) is 0 Å². The van der Waals surface area contributed by atoms with Gasteiger partial charge in [-0.05, 0) is 13.0 Å². The number of benzene rings is 1. The second-order valence-corrected chi connectivity index (χ2v) is 4.49. The summed E-state index contributed by atoms with van der Waals surface area (Å²) in [4.78, 5) is 0. The second kappa shape index (κ2) is 6.19.